The Balaban J connectivity index is 1.16. The monoisotopic (exact) mass is 577 g/mol. The van der Waals surface area contributed by atoms with Crippen LogP contribution in [0.4, 0.5) is 0 Å². The highest BCUT2D eigenvalue weighted by molar-refractivity contribution is 7.25. The van der Waals surface area contributed by atoms with Crippen molar-refractivity contribution in [2.75, 3.05) is 0 Å². The number of para-hydroxylation sites is 2. The highest BCUT2D eigenvalue weighted by atomic mass is 32.1. The van der Waals surface area contributed by atoms with Gasteiger partial charge in [0.2, 0.25) is 0 Å². The number of nitrogens with zero attached hydrogens (tertiary/aromatic N) is 3. The molecule has 4 aromatic heterocycles. The van der Waals surface area contributed by atoms with E-state index in [1.165, 1.54) is 53.2 Å². The summed E-state index contributed by atoms with van der Waals surface area (Å²) in [6.45, 7) is 0. The van der Waals surface area contributed by atoms with E-state index in [-0.39, 0.29) is 0 Å². The number of hydrogen-bond acceptors (Lipinski definition) is 3. The van der Waals surface area contributed by atoms with E-state index in [1.54, 1.807) is 0 Å². The van der Waals surface area contributed by atoms with Gasteiger partial charge in [-0.3, -0.25) is 9.38 Å². The zero-order valence-corrected chi connectivity index (χ0v) is 24.3. The molecule has 44 heavy (non-hydrogen) atoms. The molecule has 0 fully saturated rings. The minimum Gasteiger partial charge on any atom is -0.292 e. The van der Waals surface area contributed by atoms with E-state index in [2.05, 4.69) is 132 Å². The molecular formula is C40H23N3S. The fourth-order valence-corrected chi connectivity index (χ4v) is 8.01. The lowest BCUT2D eigenvalue weighted by molar-refractivity contribution is 1.31. The first-order valence-corrected chi connectivity index (χ1v) is 15.6. The smallest absolute Gasteiger partial charge is 0.148 e. The number of aromatic nitrogens is 3. The number of imidazole rings is 1. The Morgan fingerprint density at radius 2 is 1.23 bits per heavy atom. The number of benzene rings is 6. The van der Waals surface area contributed by atoms with E-state index in [0.29, 0.717) is 0 Å². The van der Waals surface area contributed by atoms with Gasteiger partial charge >= 0.3 is 0 Å². The lowest BCUT2D eigenvalue weighted by Crippen LogP contribution is -1.94. The van der Waals surface area contributed by atoms with Gasteiger partial charge in [-0.05, 0) is 76.2 Å². The molecule has 4 heterocycles. The first-order valence-electron chi connectivity index (χ1n) is 14.8. The van der Waals surface area contributed by atoms with Crippen molar-refractivity contribution in [2.45, 2.75) is 0 Å². The summed E-state index contributed by atoms with van der Waals surface area (Å²) in [6.07, 6.45) is 1.88. The van der Waals surface area contributed by atoms with E-state index in [9.17, 15) is 0 Å². The quantitative estimate of drug-likeness (QED) is 0.191. The SMILES string of the molecule is c1cnc2c(c1)ccc1c3cc(-c4ccc(-c5ccc6sc7ccccc7c6c5)cc4)ccc3n3c4ccccc4nc3c12. The molecule has 4 heteroatoms. The Morgan fingerprint density at radius 1 is 0.500 bits per heavy atom. The normalized spacial score (nSPS) is 12.1. The lowest BCUT2D eigenvalue weighted by atomic mass is 9.96. The highest BCUT2D eigenvalue weighted by Gasteiger charge is 2.17. The molecule has 0 aliphatic carbocycles. The average molecular weight is 578 g/mol. The molecule has 10 aromatic rings. The van der Waals surface area contributed by atoms with E-state index in [0.717, 1.165) is 38.5 Å². The van der Waals surface area contributed by atoms with E-state index in [1.807, 2.05) is 23.6 Å². The third kappa shape index (κ3) is 3.37. The lowest BCUT2D eigenvalue weighted by Gasteiger charge is -2.13. The Bertz CT molecular complexity index is 2770. The largest absolute Gasteiger partial charge is 0.292 e. The van der Waals surface area contributed by atoms with Crippen molar-refractivity contribution in [3.63, 3.8) is 0 Å². The van der Waals surface area contributed by atoms with Gasteiger partial charge in [-0.15, -0.1) is 11.3 Å². The minimum absolute atomic E-state index is 0.950. The van der Waals surface area contributed by atoms with Crippen LogP contribution in [0.5, 0.6) is 0 Å². The second-order valence-electron chi connectivity index (χ2n) is 11.4. The zero-order chi connectivity index (χ0) is 28.8. The molecule has 0 unspecified atom stereocenters. The van der Waals surface area contributed by atoms with Crippen LogP contribution in [-0.2, 0) is 0 Å². The van der Waals surface area contributed by atoms with Gasteiger partial charge in [0.05, 0.1) is 27.5 Å². The number of rotatable bonds is 2. The van der Waals surface area contributed by atoms with Crippen molar-refractivity contribution in [3.8, 4) is 22.3 Å². The molecule has 204 valence electrons. The predicted octanol–water partition coefficient (Wildman–Crippen LogP) is 11.0. The molecular weight excluding hydrogens is 555 g/mol. The van der Waals surface area contributed by atoms with Crippen molar-refractivity contribution < 1.29 is 0 Å². The van der Waals surface area contributed by atoms with Crippen LogP contribution in [0.15, 0.2) is 140 Å². The number of thiophene rings is 1. The molecule has 10 rings (SSSR count). The van der Waals surface area contributed by atoms with Crippen LogP contribution in [0.3, 0.4) is 0 Å². The molecule has 0 spiro atoms. The molecule has 0 aliphatic heterocycles. The van der Waals surface area contributed by atoms with Crippen LogP contribution in [0.2, 0.25) is 0 Å². The van der Waals surface area contributed by atoms with Gasteiger partial charge in [-0.1, -0.05) is 84.9 Å². The summed E-state index contributed by atoms with van der Waals surface area (Å²) in [5.74, 6) is 0. The molecule has 0 amide bonds. The van der Waals surface area contributed by atoms with Gasteiger partial charge in [0.25, 0.3) is 0 Å². The maximum atomic E-state index is 5.12. The van der Waals surface area contributed by atoms with Crippen LogP contribution < -0.4 is 0 Å². The van der Waals surface area contributed by atoms with Gasteiger partial charge in [0, 0.05) is 37.1 Å². The Labute approximate surface area is 256 Å². The van der Waals surface area contributed by atoms with Gasteiger partial charge in [-0.25, -0.2) is 4.98 Å². The standard InChI is InChI=1S/C40H23N3S/c1-4-10-36-29(7-1)32-23-28(17-20-37(32)44-36)25-13-11-24(12-14-25)27-16-19-34-31(22-27)30-18-15-26-6-5-21-41-39(26)38(30)40-42-33-8-2-3-9-35(33)43(34)40/h1-23H. The van der Waals surface area contributed by atoms with Crippen LogP contribution >= 0.6 is 11.3 Å². The van der Waals surface area contributed by atoms with Gasteiger partial charge in [0.15, 0.2) is 0 Å². The molecule has 0 atom stereocenters. The molecule has 0 radical (unpaired) electrons. The Hall–Kier alpha value is -5.58. The molecule has 3 nitrogen and oxygen atoms in total. The fraction of sp³-hybridized carbons (Fsp3) is 0. The fourth-order valence-electron chi connectivity index (χ4n) is 6.92. The first-order chi connectivity index (χ1) is 21.8. The predicted molar refractivity (Wildman–Crippen MR) is 187 cm³/mol. The minimum atomic E-state index is 0.950. The van der Waals surface area contributed by atoms with Gasteiger partial charge in [-0.2, -0.15) is 0 Å². The first kappa shape index (κ1) is 23.9. The van der Waals surface area contributed by atoms with E-state index < -0.39 is 0 Å². The molecule has 0 aliphatic rings. The summed E-state index contributed by atoms with van der Waals surface area (Å²) in [7, 11) is 0. The number of hydrogen-bond donors (Lipinski definition) is 0. The van der Waals surface area contributed by atoms with Crippen molar-refractivity contribution in [1.82, 2.24) is 14.4 Å². The van der Waals surface area contributed by atoms with E-state index in [4.69, 9.17) is 9.97 Å². The van der Waals surface area contributed by atoms with Gasteiger partial charge < -0.3 is 0 Å². The van der Waals surface area contributed by atoms with Crippen LogP contribution in [-0.4, -0.2) is 14.4 Å². The Kier molecular flexibility index (Phi) is 4.87. The van der Waals surface area contributed by atoms with E-state index >= 15 is 0 Å². The molecule has 0 bridgehead atoms. The van der Waals surface area contributed by atoms with Crippen LogP contribution in [0, 0.1) is 0 Å². The Morgan fingerprint density at radius 3 is 2.11 bits per heavy atom. The van der Waals surface area contributed by atoms with Crippen LogP contribution in [0.1, 0.15) is 0 Å². The summed E-state index contributed by atoms with van der Waals surface area (Å²) in [5, 5.41) is 7.23. The van der Waals surface area contributed by atoms with Crippen molar-refractivity contribution in [1.29, 1.82) is 0 Å². The summed E-state index contributed by atoms with van der Waals surface area (Å²) in [5.41, 5.74) is 10.0. The molecule has 0 N–H and O–H groups in total. The summed E-state index contributed by atoms with van der Waals surface area (Å²) < 4.78 is 4.97. The topological polar surface area (TPSA) is 30.2 Å². The third-order valence-corrected chi connectivity index (χ3v) is 10.2. The summed E-state index contributed by atoms with van der Waals surface area (Å²) in [4.78, 5) is 9.95. The maximum Gasteiger partial charge on any atom is 0.148 e. The van der Waals surface area contributed by atoms with Crippen molar-refractivity contribution >= 4 is 80.8 Å². The average Bonchev–Trinajstić information content (AvgIpc) is 3.66. The summed E-state index contributed by atoms with van der Waals surface area (Å²) in [6, 6.07) is 48.2. The second-order valence-corrected chi connectivity index (χ2v) is 12.5. The molecule has 6 aromatic carbocycles. The van der Waals surface area contributed by atoms with Crippen molar-refractivity contribution in [3.05, 3.63) is 140 Å². The highest BCUT2D eigenvalue weighted by Crippen LogP contribution is 2.39. The third-order valence-electron chi connectivity index (χ3n) is 9.01. The van der Waals surface area contributed by atoms with Gasteiger partial charge in [0.1, 0.15) is 5.65 Å². The van der Waals surface area contributed by atoms with Crippen LogP contribution in [0.25, 0.3) is 91.7 Å². The number of pyridine rings is 2. The maximum absolute atomic E-state index is 5.12. The number of fused-ring (bicyclic) bond motifs is 13. The molecule has 0 saturated heterocycles. The van der Waals surface area contributed by atoms with Crippen molar-refractivity contribution in [2.24, 2.45) is 0 Å². The zero-order valence-electron chi connectivity index (χ0n) is 23.5. The summed E-state index contributed by atoms with van der Waals surface area (Å²) >= 11 is 1.86. The molecule has 0 saturated carbocycles. The second kappa shape index (κ2) is 8.96.